The number of nitrogens with zero attached hydrogens (tertiary/aromatic N) is 1. The van der Waals surface area contributed by atoms with Gasteiger partial charge < -0.3 is 20.6 Å². The molecule has 2 fully saturated rings. The van der Waals surface area contributed by atoms with E-state index in [4.69, 9.17) is 23.2 Å². The summed E-state index contributed by atoms with van der Waals surface area (Å²) in [5.41, 5.74) is 2.20. The quantitative estimate of drug-likeness (QED) is 0.597. The molecular formula is C22H23Cl2N3O3. The summed E-state index contributed by atoms with van der Waals surface area (Å²) in [7, 11) is 0. The summed E-state index contributed by atoms with van der Waals surface area (Å²) in [4.78, 5) is 25.7. The summed E-state index contributed by atoms with van der Waals surface area (Å²) in [5, 5.41) is 16.7. The molecule has 158 valence electrons. The number of amides is 2. The number of hydrogen-bond donors (Lipinski definition) is 3. The predicted octanol–water partition coefficient (Wildman–Crippen LogP) is 5.07. The number of para-hydroxylation sites is 2. The van der Waals surface area contributed by atoms with Gasteiger partial charge in [0.25, 0.3) is 0 Å². The number of benzene rings is 2. The van der Waals surface area contributed by atoms with E-state index in [0.29, 0.717) is 28.6 Å². The van der Waals surface area contributed by atoms with E-state index >= 15 is 0 Å². The van der Waals surface area contributed by atoms with Crippen LogP contribution in [0.3, 0.4) is 0 Å². The highest BCUT2D eigenvalue weighted by Crippen LogP contribution is 2.36. The molecule has 3 N–H and O–H groups in total. The maximum atomic E-state index is 12.7. The lowest BCUT2D eigenvalue weighted by Gasteiger charge is -2.37. The minimum atomic E-state index is -0.856. The third-order valence-corrected chi connectivity index (χ3v) is 6.54. The van der Waals surface area contributed by atoms with Gasteiger partial charge in [-0.2, -0.15) is 0 Å². The SMILES string of the molecule is O=C(Cc1ccccc1Nc1c(Cl)cccc1Cl)N[C@H]1C[C@H]2CC[C@@H](C1)N2C(=O)O. The average Bonchev–Trinajstić information content (AvgIpc) is 2.97. The van der Waals surface area contributed by atoms with E-state index in [1.54, 1.807) is 23.1 Å². The van der Waals surface area contributed by atoms with Crippen molar-refractivity contribution < 1.29 is 14.7 Å². The molecular weight excluding hydrogens is 425 g/mol. The van der Waals surface area contributed by atoms with Gasteiger partial charge in [0.1, 0.15) is 0 Å². The fourth-order valence-electron chi connectivity index (χ4n) is 4.61. The molecule has 4 rings (SSSR count). The van der Waals surface area contributed by atoms with Gasteiger partial charge in [0, 0.05) is 23.8 Å². The third kappa shape index (κ3) is 4.35. The average molecular weight is 448 g/mol. The van der Waals surface area contributed by atoms with E-state index in [1.807, 2.05) is 24.3 Å². The largest absolute Gasteiger partial charge is 0.465 e. The Morgan fingerprint density at radius 3 is 2.27 bits per heavy atom. The minimum Gasteiger partial charge on any atom is -0.465 e. The van der Waals surface area contributed by atoms with Crippen LogP contribution < -0.4 is 10.6 Å². The number of hydrogen-bond acceptors (Lipinski definition) is 3. The van der Waals surface area contributed by atoms with Crippen LogP contribution in [0.4, 0.5) is 16.2 Å². The summed E-state index contributed by atoms with van der Waals surface area (Å²) in [6.07, 6.45) is 2.43. The van der Waals surface area contributed by atoms with Crippen molar-refractivity contribution in [2.45, 2.75) is 50.2 Å². The van der Waals surface area contributed by atoms with E-state index in [2.05, 4.69) is 10.6 Å². The zero-order chi connectivity index (χ0) is 21.3. The molecule has 30 heavy (non-hydrogen) atoms. The zero-order valence-electron chi connectivity index (χ0n) is 16.3. The highest BCUT2D eigenvalue weighted by molar-refractivity contribution is 6.39. The van der Waals surface area contributed by atoms with Crippen molar-refractivity contribution in [3.05, 3.63) is 58.1 Å². The fraction of sp³-hybridized carbons (Fsp3) is 0.364. The summed E-state index contributed by atoms with van der Waals surface area (Å²) >= 11 is 12.5. The van der Waals surface area contributed by atoms with Crippen LogP contribution in [0.5, 0.6) is 0 Å². The lowest BCUT2D eigenvalue weighted by Crippen LogP contribution is -2.52. The molecule has 8 heteroatoms. The molecule has 2 aliphatic heterocycles. The number of piperidine rings is 1. The first-order chi connectivity index (χ1) is 14.4. The van der Waals surface area contributed by atoms with Crippen molar-refractivity contribution >= 4 is 46.6 Å². The molecule has 2 saturated heterocycles. The monoisotopic (exact) mass is 447 g/mol. The van der Waals surface area contributed by atoms with Crippen LogP contribution in [-0.2, 0) is 11.2 Å². The van der Waals surface area contributed by atoms with Gasteiger partial charge in [-0.1, -0.05) is 47.5 Å². The van der Waals surface area contributed by atoms with Crippen molar-refractivity contribution in [2.75, 3.05) is 5.32 Å². The van der Waals surface area contributed by atoms with Crippen LogP contribution in [0.15, 0.2) is 42.5 Å². The van der Waals surface area contributed by atoms with Crippen LogP contribution in [-0.4, -0.2) is 40.1 Å². The lowest BCUT2D eigenvalue weighted by molar-refractivity contribution is -0.121. The number of nitrogens with one attached hydrogen (secondary N) is 2. The highest BCUT2D eigenvalue weighted by atomic mass is 35.5. The maximum absolute atomic E-state index is 12.7. The second-order valence-corrected chi connectivity index (χ2v) is 8.68. The van der Waals surface area contributed by atoms with E-state index in [0.717, 1.165) is 24.1 Å². The Morgan fingerprint density at radius 2 is 1.63 bits per heavy atom. The molecule has 2 amide bonds. The standard InChI is InChI=1S/C22H23Cl2N3O3/c23-17-5-3-6-18(24)21(17)26-19-7-2-1-4-13(19)10-20(28)25-14-11-15-8-9-16(12-14)27(15)22(29)30/h1-7,14-16,26H,8-12H2,(H,25,28)(H,29,30)/t14-,15+,16-. The van der Waals surface area contributed by atoms with Crippen molar-refractivity contribution in [1.82, 2.24) is 10.2 Å². The minimum absolute atomic E-state index is 0.00265. The van der Waals surface area contributed by atoms with Gasteiger partial charge in [0.05, 0.1) is 22.2 Å². The molecule has 0 radical (unpaired) electrons. The molecule has 2 bridgehead atoms. The molecule has 3 atom stereocenters. The third-order valence-electron chi connectivity index (χ3n) is 5.91. The Hall–Kier alpha value is -2.44. The van der Waals surface area contributed by atoms with Gasteiger partial charge in [-0.05, 0) is 49.4 Å². The van der Waals surface area contributed by atoms with E-state index in [-0.39, 0.29) is 30.5 Å². The van der Waals surface area contributed by atoms with Gasteiger partial charge in [-0.3, -0.25) is 4.79 Å². The maximum Gasteiger partial charge on any atom is 0.407 e. The second kappa shape index (κ2) is 8.74. The van der Waals surface area contributed by atoms with Crippen molar-refractivity contribution in [3.8, 4) is 0 Å². The number of fused-ring (bicyclic) bond motifs is 2. The topological polar surface area (TPSA) is 81.7 Å². The van der Waals surface area contributed by atoms with Gasteiger partial charge in [0.2, 0.25) is 5.91 Å². The van der Waals surface area contributed by atoms with Crippen molar-refractivity contribution in [1.29, 1.82) is 0 Å². The number of carboxylic acid groups (broad SMARTS) is 1. The molecule has 0 saturated carbocycles. The molecule has 2 aromatic rings. The van der Waals surface area contributed by atoms with E-state index in [1.165, 1.54) is 0 Å². The Labute approximate surface area is 185 Å². The van der Waals surface area contributed by atoms with Gasteiger partial charge >= 0.3 is 6.09 Å². The van der Waals surface area contributed by atoms with Gasteiger partial charge in [0.15, 0.2) is 0 Å². The van der Waals surface area contributed by atoms with Crippen LogP contribution >= 0.6 is 23.2 Å². The van der Waals surface area contributed by atoms with Crippen molar-refractivity contribution in [2.24, 2.45) is 0 Å². The predicted molar refractivity (Wildman–Crippen MR) is 118 cm³/mol. The molecule has 2 aliphatic rings. The molecule has 0 spiro atoms. The van der Waals surface area contributed by atoms with Gasteiger partial charge in [-0.15, -0.1) is 0 Å². The normalized spacial score (nSPS) is 22.6. The summed E-state index contributed by atoms with van der Waals surface area (Å²) in [6, 6.07) is 12.8. The molecule has 2 heterocycles. The molecule has 2 aromatic carbocycles. The van der Waals surface area contributed by atoms with E-state index in [9.17, 15) is 14.7 Å². The Morgan fingerprint density at radius 1 is 1.00 bits per heavy atom. The molecule has 0 aliphatic carbocycles. The summed E-state index contributed by atoms with van der Waals surface area (Å²) < 4.78 is 0. The van der Waals surface area contributed by atoms with Crippen LogP contribution in [0, 0.1) is 0 Å². The number of carbonyl (C=O) groups excluding carboxylic acids is 1. The number of anilines is 2. The molecule has 0 aromatic heterocycles. The molecule has 0 unspecified atom stereocenters. The number of carbonyl (C=O) groups is 2. The smallest absolute Gasteiger partial charge is 0.407 e. The second-order valence-electron chi connectivity index (χ2n) is 7.87. The first-order valence-corrected chi connectivity index (χ1v) is 10.8. The highest BCUT2D eigenvalue weighted by Gasteiger charge is 2.43. The van der Waals surface area contributed by atoms with Crippen LogP contribution in [0.1, 0.15) is 31.2 Å². The first-order valence-electron chi connectivity index (χ1n) is 10.0. The zero-order valence-corrected chi connectivity index (χ0v) is 17.8. The van der Waals surface area contributed by atoms with Crippen molar-refractivity contribution in [3.63, 3.8) is 0 Å². The Kier molecular flexibility index (Phi) is 6.06. The Balaban J connectivity index is 1.42. The first kappa shape index (κ1) is 20.8. The van der Waals surface area contributed by atoms with E-state index < -0.39 is 6.09 Å². The van der Waals surface area contributed by atoms with Gasteiger partial charge in [-0.25, -0.2) is 4.79 Å². The summed E-state index contributed by atoms with van der Waals surface area (Å²) in [5.74, 6) is -0.0809. The molecule has 6 nitrogen and oxygen atoms in total. The van der Waals surface area contributed by atoms with Crippen LogP contribution in [0.2, 0.25) is 10.0 Å². The fourth-order valence-corrected chi connectivity index (χ4v) is 5.10. The Bertz CT molecular complexity index is 934. The number of halogens is 2. The van der Waals surface area contributed by atoms with Crippen LogP contribution in [0.25, 0.3) is 0 Å². The number of rotatable bonds is 5. The lowest BCUT2D eigenvalue weighted by atomic mass is 9.97. The summed E-state index contributed by atoms with van der Waals surface area (Å²) in [6.45, 7) is 0.